The summed E-state index contributed by atoms with van der Waals surface area (Å²) in [6.45, 7) is 6.03. The zero-order chi connectivity index (χ0) is 10.7. The van der Waals surface area contributed by atoms with E-state index < -0.39 is 0 Å². The molecule has 1 heterocycles. The summed E-state index contributed by atoms with van der Waals surface area (Å²) < 4.78 is 5.13. The zero-order valence-corrected chi connectivity index (χ0v) is 9.68. The van der Waals surface area contributed by atoms with Crippen molar-refractivity contribution in [3.05, 3.63) is 17.0 Å². The summed E-state index contributed by atoms with van der Waals surface area (Å²) in [4.78, 5) is 0. The molecule has 0 saturated heterocycles. The Bertz CT molecular complexity index is 294. The van der Waals surface area contributed by atoms with Gasteiger partial charge in [0.05, 0.1) is 5.69 Å². The summed E-state index contributed by atoms with van der Waals surface area (Å²) in [6, 6.07) is 0. The van der Waals surface area contributed by atoms with E-state index in [2.05, 4.69) is 10.5 Å². The van der Waals surface area contributed by atoms with Crippen LogP contribution in [0.25, 0.3) is 0 Å². The fraction of sp³-hybridized carbons (Fsp3) is 0.750. The predicted octanol–water partition coefficient (Wildman–Crippen LogP) is 2.57. The summed E-state index contributed by atoms with van der Waals surface area (Å²) in [6.07, 6.45) is 5.62. The third-order valence-corrected chi connectivity index (χ3v) is 3.39. The van der Waals surface area contributed by atoms with E-state index in [-0.39, 0.29) is 0 Å². The van der Waals surface area contributed by atoms with Crippen LogP contribution in [0.1, 0.15) is 42.7 Å². The molecule has 84 valence electrons. The number of rotatable bonds is 4. The van der Waals surface area contributed by atoms with Crippen molar-refractivity contribution in [2.45, 2.75) is 46.1 Å². The molecule has 1 saturated carbocycles. The number of nitrogens with one attached hydrogen (secondary N) is 1. The second kappa shape index (κ2) is 4.79. The van der Waals surface area contributed by atoms with Crippen LogP contribution in [0.5, 0.6) is 0 Å². The van der Waals surface area contributed by atoms with E-state index in [0.29, 0.717) is 0 Å². The highest BCUT2D eigenvalue weighted by Crippen LogP contribution is 2.23. The van der Waals surface area contributed by atoms with Crippen LogP contribution in [0.4, 0.5) is 0 Å². The van der Waals surface area contributed by atoms with Gasteiger partial charge >= 0.3 is 0 Å². The molecular weight excluding hydrogens is 188 g/mol. The predicted molar refractivity (Wildman–Crippen MR) is 59.6 cm³/mol. The quantitative estimate of drug-likeness (QED) is 0.826. The normalized spacial score (nSPS) is 17.5. The highest BCUT2D eigenvalue weighted by molar-refractivity contribution is 5.20. The molecule has 0 aromatic carbocycles. The van der Waals surface area contributed by atoms with Gasteiger partial charge in [0.15, 0.2) is 0 Å². The highest BCUT2D eigenvalue weighted by Gasteiger charge is 2.15. The first kappa shape index (κ1) is 10.7. The molecule has 1 aromatic rings. The Balaban J connectivity index is 1.77. The highest BCUT2D eigenvalue weighted by atomic mass is 16.5. The van der Waals surface area contributed by atoms with Gasteiger partial charge in [-0.3, -0.25) is 0 Å². The van der Waals surface area contributed by atoms with Crippen molar-refractivity contribution in [3.8, 4) is 0 Å². The molecule has 1 aliphatic carbocycles. The minimum Gasteiger partial charge on any atom is -0.361 e. The fourth-order valence-electron chi connectivity index (χ4n) is 2.37. The van der Waals surface area contributed by atoms with Crippen molar-refractivity contribution in [1.29, 1.82) is 0 Å². The van der Waals surface area contributed by atoms with Gasteiger partial charge in [0.1, 0.15) is 5.76 Å². The van der Waals surface area contributed by atoms with Gasteiger partial charge in [0.2, 0.25) is 0 Å². The van der Waals surface area contributed by atoms with Gasteiger partial charge in [-0.25, -0.2) is 0 Å². The molecule has 3 heteroatoms. The SMILES string of the molecule is Cc1noc(C)c1CNCC1CCCC1. The molecule has 15 heavy (non-hydrogen) atoms. The Morgan fingerprint density at radius 3 is 2.67 bits per heavy atom. The van der Waals surface area contributed by atoms with Crippen LogP contribution in [0.15, 0.2) is 4.52 Å². The van der Waals surface area contributed by atoms with Crippen molar-refractivity contribution < 1.29 is 4.52 Å². The van der Waals surface area contributed by atoms with Gasteiger partial charge in [0, 0.05) is 12.1 Å². The molecule has 1 fully saturated rings. The maximum absolute atomic E-state index is 5.13. The number of aryl methyl sites for hydroxylation is 2. The lowest BCUT2D eigenvalue weighted by atomic mass is 10.1. The molecule has 0 aliphatic heterocycles. The minimum atomic E-state index is 0.894. The first-order valence-electron chi connectivity index (χ1n) is 5.90. The number of aromatic nitrogens is 1. The minimum absolute atomic E-state index is 0.894. The van der Waals surface area contributed by atoms with Crippen LogP contribution in [0.2, 0.25) is 0 Å². The Kier molecular flexibility index (Phi) is 3.41. The second-order valence-electron chi connectivity index (χ2n) is 4.58. The van der Waals surface area contributed by atoms with Crippen LogP contribution in [0, 0.1) is 19.8 Å². The van der Waals surface area contributed by atoms with Gasteiger partial charge in [-0.05, 0) is 39.2 Å². The molecule has 0 atom stereocenters. The molecule has 0 radical (unpaired) electrons. The van der Waals surface area contributed by atoms with E-state index in [1.807, 2.05) is 13.8 Å². The lowest BCUT2D eigenvalue weighted by Crippen LogP contribution is -2.21. The summed E-state index contributed by atoms with van der Waals surface area (Å²) >= 11 is 0. The Morgan fingerprint density at radius 2 is 2.07 bits per heavy atom. The van der Waals surface area contributed by atoms with Crippen molar-refractivity contribution in [2.24, 2.45) is 5.92 Å². The lowest BCUT2D eigenvalue weighted by molar-refractivity contribution is 0.391. The van der Waals surface area contributed by atoms with Crippen LogP contribution in [-0.4, -0.2) is 11.7 Å². The number of nitrogens with zero attached hydrogens (tertiary/aromatic N) is 1. The van der Waals surface area contributed by atoms with E-state index in [4.69, 9.17) is 4.52 Å². The van der Waals surface area contributed by atoms with E-state index in [9.17, 15) is 0 Å². The van der Waals surface area contributed by atoms with Crippen LogP contribution < -0.4 is 5.32 Å². The van der Waals surface area contributed by atoms with E-state index >= 15 is 0 Å². The smallest absolute Gasteiger partial charge is 0.138 e. The Labute approximate surface area is 91.2 Å². The third kappa shape index (κ3) is 2.59. The van der Waals surface area contributed by atoms with Crippen molar-refractivity contribution >= 4 is 0 Å². The molecule has 3 nitrogen and oxygen atoms in total. The maximum atomic E-state index is 5.13. The molecule has 0 amide bonds. The Hall–Kier alpha value is -0.830. The van der Waals surface area contributed by atoms with Gasteiger partial charge in [-0.15, -0.1) is 0 Å². The average molecular weight is 208 g/mol. The third-order valence-electron chi connectivity index (χ3n) is 3.39. The van der Waals surface area contributed by atoms with Crippen LogP contribution >= 0.6 is 0 Å². The monoisotopic (exact) mass is 208 g/mol. The summed E-state index contributed by atoms with van der Waals surface area (Å²) in [5, 5.41) is 7.46. The Morgan fingerprint density at radius 1 is 1.33 bits per heavy atom. The molecule has 1 aliphatic rings. The average Bonchev–Trinajstić information content (AvgIpc) is 2.82. The summed E-state index contributed by atoms with van der Waals surface area (Å²) in [5.74, 6) is 1.84. The molecule has 0 bridgehead atoms. The van der Waals surface area contributed by atoms with Crippen molar-refractivity contribution in [1.82, 2.24) is 10.5 Å². The number of hydrogen-bond donors (Lipinski definition) is 1. The molecule has 0 spiro atoms. The maximum Gasteiger partial charge on any atom is 0.138 e. The van der Waals surface area contributed by atoms with Gasteiger partial charge < -0.3 is 9.84 Å². The summed E-state index contributed by atoms with van der Waals surface area (Å²) in [7, 11) is 0. The fourth-order valence-corrected chi connectivity index (χ4v) is 2.37. The van der Waals surface area contributed by atoms with Crippen LogP contribution in [0.3, 0.4) is 0 Å². The van der Waals surface area contributed by atoms with E-state index in [1.54, 1.807) is 0 Å². The molecule has 1 N–H and O–H groups in total. The van der Waals surface area contributed by atoms with Crippen LogP contribution in [-0.2, 0) is 6.54 Å². The molecule has 1 aromatic heterocycles. The topological polar surface area (TPSA) is 38.1 Å². The second-order valence-corrected chi connectivity index (χ2v) is 4.58. The largest absolute Gasteiger partial charge is 0.361 e. The first-order valence-corrected chi connectivity index (χ1v) is 5.90. The molecule has 2 rings (SSSR count). The summed E-state index contributed by atoms with van der Waals surface area (Å²) in [5.41, 5.74) is 2.25. The molecule has 0 unspecified atom stereocenters. The van der Waals surface area contributed by atoms with E-state index in [1.165, 1.54) is 31.2 Å². The van der Waals surface area contributed by atoms with Gasteiger partial charge in [-0.2, -0.15) is 0 Å². The zero-order valence-electron chi connectivity index (χ0n) is 9.68. The lowest BCUT2D eigenvalue weighted by Gasteiger charge is -2.09. The van der Waals surface area contributed by atoms with Crippen molar-refractivity contribution in [2.75, 3.05) is 6.54 Å². The van der Waals surface area contributed by atoms with E-state index in [0.717, 1.165) is 30.5 Å². The first-order chi connectivity index (χ1) is 7.27. The van der Waals surface area contributed by atoms with Crippen molar-refractivity contribution in [3.63, 3.8) is 0 Å². The standard InChI is InChI=1S/C12H20N2O/c1-9-12(10(2)15-14-9)8-13-7-11-5-3-4-6-11/h11,13H,3-8H2,1-2H3. The van der Waals surface area contributed by atoms with Gasteiger partial charge in [-0.1, -0.05) is 18.0 Å². The molecular formula is C12H20N2O. The van der Waals surface area contributed by atoms with Gasteiger partial charge in [0.25, 0.3) is 0 Å². The number of hydrogen-bond acceptors (Lipinski definition) is 3.